The van der Waals surface area contributed by atoms with E-state index in [9.17, 15) is 4.79 Å². The minimum Gasteiger partial charge on any atom is -0.496 e. The maximum atomic E-state index is 13.5. The lowest BCUT2D eigenvalue weighted by molar-refractivity contribution is 0.0727. The fourth-order valence-corrected chi connectivity index (χ4v) is 4.66. The molecule has 4 rings (SSSR count). The largest absolute Gasteiger partial charge is 0.496 e. The van der Waals surface area contributed by atoms with E-state index in [0.29, 0.717) is 30.3 Å². The molecule has 8 heteroatoms. The SMILES string of the molecule is COc1ccc(OC)c2nc(-c3ccc(C)cc3)c(CN(CCN(C)C)C(=O)c3csc(C)n3)cc12. The molecule has 36 heavy (non-hydrogen) atoms. The zero-order chi connectivity index (χ0) is 25.8. The van der Waals surface area contributed by atoms with Crippen molar-refractivity contribution in [3.8, 4) is 22.8 Å². The topological polar surface area (TPSA) is 67.8 Å². The number of methoxy groups -OCH3 is 2. The standard InChI is InChI=1S/C28H32N4O3S/c1-18-7-9-20(10-8-18)26-21(15-22-24(34-5)11-12-25(35-6)27(22)30-26)16-32(14-13-31(3)4)28(33)23-17-36-19(2)29-23/h7-12,15,17H,13-14,16H2,1-6H3. The molecule has 0 radical (unpaired) electrons. The second-order valence-corrected chi connectivity index (χ2v) is 10.1. The van der Waals surface area contributed by atoms with E-state index in [2.05, 4.69) is 47.1 Å². The van der Waals surface area contributed by atoms with E-state index < -0.39 is 0 Å². The normalized spacial score (nSPS) is 11.2. The number of fused-ring (bicyclic) bond motifs is 1. The van der Waals surface area contributed by atoms with Crippen molar-refractivity contribution in [1.29, 1.82) is 0 Å². The van der Waals surface area contributed by atoms with Gasteiger partial charge in [0.2, 0.25) is 0 Å². The summed E-state index contributed by atoms with van der Waals surface area (Å²) in [5.41, 5.74) is 5.08. The van der Waals surface area contributed by atoms with Gasteiger partial charge in [0.1, 0.15) is 22.7 Å². The average molecular weight is 505 g/mol. The van der Waals surface area contributed by atoms with Gasteiger partial charge < -0.3 is 19.3 Å². The first kappa shape index (κ1) is 25.6. The van der Waals surface area contributed by atoms with Gasteiger partial charge in [-0.1, -0.05) is 29.8 Å². The van der Waals surface area contributed by atoms with Crippen molar-refractivity contribution in [2.45, 2.75) is 20.4 Å². The maximum Gasteiger partial charge on any atom is 0.273 e. The minimum absolute atomic E-state index is 0.0891. The lowest BCUT2D eigenvalue weighted by Crippen LogP contribution is -2.36. The predicted molar refractivity (Wildman–Crippen MR) is 145 cm³/mol. The van der Waals surface area contributed by atoms with Crippen LogP contribution in [0.2, 0.25) is 0 Å². The smallest absolute Gasteiger partial charge is 0.273 e. The van der Waals surface area contributed by atoms with E-state index in [1.165, 1.54) is 16.9 Å². The number of carbonyl (C=O) groups is 1. The number of thiazole rings is 1. The quantitative estimate of drug-likeness (QED) is 0.312. The lowest BCUT2D eigenvalue weighted by Gasteiger charge is -2.25. The first-order valence-electron chi connectivity index (χ1n) is 11.8. The summed E-state index contributed by atoms with van der Waals surface area (Å²) in [6.45, 7) is 5.64. The highest BCUT2D eigenvalue weighted by Gasteiger charge is 2.22. The molecule has 0 aliphatic carbocycles. The van der Waals surface area contributed by atoms with Gasteiger partial charge in [0, 0.05) is 36.0 Å². The van der Waals surface area contributed by atoms with Gasteiger partial charge in [0.15, 0.2) is 0 Å². The van der Waals surface area contributed by atoms with Crippen molar-refractivity contribution in [2.75, 3.05) is 41.4 Å². The van der Waals surface area contributed by atoms with Gasteiger partial charge >= 0.3 is 0 Å². The number of likely N-dealkylation sites (N-methyl/N-ethyl adjacent to an activating group) is 1. The van der Waals surface area contributed by atoms with Gasteiger partial charge in [-0.05, 0) is 51.7 Å². The molecule has 2 heterocycles. The first-order chi connectivity index (χ1) is 17.3. The van der Waals surface area contributed by atoms with Gasteiger partial charge in [0.05, 0.1) is 24.9 Å². The Hall–Kier alpha value is -3.49. The molecule has 0 atom stereocenters. The number of hydrogen-bond acceptors (Lipinski definition) is 7. The van der Waals surface area contributed by atoms with Crippen LogP contribution < -0.4 is 9.47 Å². The number of ether oxygens (including phenoxy) is 2. The summed E-state index contributed by atoms with van der Waals surface area (Å²) >= 11 is 1.48. The number of hydrogen-bond donors (Lipinski definition) is 0. The molecule has 0 unspecified atom stereocenters. The minimum atomic E-state index is -0.0891. The van der Waals surface area contributed by atoms with Crippen molar-refractivity contribution >= 4 is 28.1 Å². The maximum absolute atomic E-state index is 13.5. The Morgan fingerprint density at radius 2 is 1.64 bits per heavy atom. The molecule has 0 spiro atoms. The van der Waals surface area contributed by atoms with Crippen molar-refractivity contribution < 1.29 is 14.3 Å². The molecule has 2 aromatic heterocycles. The Morgan fingerprint density at radius 3 is 2.25 bits per heavy atom. The molecule has 4 aromatic rings. The van der Waals surface area contributed by atoms with Crippen molar-refractivity contribution in [3.05, 3.63) is 69.7 Å². The predicted octanol–water partition coefficient (Wildman–Crippen LogP) is 5.20. The van der Waals surface area contributed by atoms with Crippen molar-refractivity contribution in [3.63, 3.8) is 0 Å². The van der Waals surface area contributed by atoms with Crippen LogP contribution in [-0.2, 0) is 6.54 Å². The summed E-state index contributed by atoms with van der Waals surface area (Å²) in [6.07, 6.45) is 0. The molecule has 0 bridgehead atoms. The fraction of sp³-hybridized carbons (Fsp3) is 0.321. The lowest BCUT2D eigenvalue weighted by atomic mass is 10.0. The number of pyridine rings is 1. The molecule has 7 nitrogen and oxygen atoms in total. The van der Waals surface area contributed by atoms with Crippen molar-refractivity contribution in [2.24, 2.45) is 0 Å². The summed E-state index contributed by atoms with van der Waals surface area (Å²) in [5, 5.41) is 3.54. The highest BCUT2D eigenvalue weighted by molar-refractivity contribution is 7.09. The summed E-state index contributed by atoms with van der Waals surface area (Å²) < 4.78 is 11.3. The molecule has 188 valence electrons. The summed E-state index contributed by atoms with van der Waals surface area (Å²) in [7, 11) is 7.29. The Morgan fingerprint density at radius 1 is 0.944 bits per heavy atom. The number of amides is 1. The third-order valence-corrected chi connectivity index (χ3v) is 6.83. The summed E-state index contributed by atoms with van der Waals surface area (Å²) in [4.78, 5) is 27.0. The monoisotopic (exact) mass is 504 g/mol. The number of aromatic nitrogens is 2. The fourth-order valence-electron chi connectivity index (χ4n) is 4.08. The van der Waals surface area contributed by atoms with Gasteiger partial charge in [0.25, 0.3) is 5.91 Å². The number of carbonyl (C=O) groups excluding carboxylic acids is 1. The zero-order valence-corrected chi connectivity index (χ0v) is 22.5. The Bertz CT molecular complexity index is 1370. The molecule has 0 aliphatic heterocycles. The highest BCUT2D eigenvalue weighted by Crippen LogP contribution is 2.36. The van der Waals surface area contributed by atoms with Crippen LogP contribution in [-0.4, -0.2) is 67.1 Å². The molecule has 0 saturated heterocycles. The third kappa shape index (κ3) is 5.50. The van der Waals surface area contributed by atoms with E-state index in [-0.39, 0.29) is 5.91 Å². The van der Waals surface area contributed by atoms with Crippen LogP contribution >= 0.6 is 11.3 Å². The van der Waals surface area contributed by atoms with Gasteiger partial charge in [-0.25, -0.2) is 9.97 Å². The molecule has 0 saturated carbocycles. The molecular formula is C28H32N4O3S. The second-order valence-electron chi connectivity index (χ2n) is 9.01. The number of nitrogens with zero attached hydrogens (tertiary/aromatic N) is 4. The van der Waals surface area contributed by atoms with E-state index >= 15 is 0 Å². The van der Waals surface area contributed by atoms with Gasteiger partial charge in [-0.3, -0.25) is 4.79 Å². The second kappa shape index (κ2) is 11.1. The van der Waals surface area contributed by atoms with Crippen LogP contribution in [0, 0.1) is 13.8 Å². The Labute approximate surface area is 216 Å². The van der Waals surface area contributed by atoms with Gasteiger partial charge in [-0.15, -0.1) is 11.3 Å². The summed E-state index contributed by atoms with van der Waals surface area (Å²) in [6, 6.07) is 14.1. The number of rotatable bonds is 9. The van der Waals surface area contributed by atoms with Crippen molar-refractivity contribution in [1.82, 2.24) is 19.8 Å². The molecule has 0 aliphatic rings. The van der Waals surface area contributed by atoms with Crippen LogP contribution in [0.4, 0.5) is 0 Å². The van der Waals surface area contributed by atoms with Crippen LogP contribution in [0.5, 0.6) is 11.5 Å². The average Bonchev–Trinajstić information content (AvgIpc) is 3.31. The molecule has 0 N–H and O–H groups in total. The molecule has 0 fully saturated rings. The number of aryl methyl sites for hydroxylation is 2. The van der Waals surface area contributed by atoms with E-state index in [4.69, 9.17) is 14.5 Å². The molecule has 1 amide bonds. The third-order valence-electron chi connectivity index (χ3n) is 6.05. The van der Waals surface area contributed by atoms with Crippen LogP contribution in [0.1, 0.15) is 26.6 Å². The molecular weight excluding hydrogens is 472 g/mol. The summed E-state index contributed by atoms with van der Waals surface area (Å²) in [5.74, 6) is 1.29. The van der Waals surface area contributed by atoms with E-state index in [1.807, 2.05) is 43.4 Å². The van der Waals surface area contributed by atoms with Crippen LogP contribution in [0.25, 0.3) is 22.2 Å². The Kier molecular flexibility index (Phi) is 7.86. The molecule has 2 aromatic carbocycles. The van der Waals surface area contributed by atoms with Crippen LogP contribution in [0.15, 0.2) is 47.8 Å². The first-order valence-corrected chi connectivity index (χ1v) is 12.7. The Balaban J connectivity index is 1.87. The van der Waals surface area contributed by atoms with Gasteiger partial charge in [-0.2, -0.15) is 0 Å². The highest BCUT2D eigenvalue weighted by atomic mass is 32.1. The zero-order valence-electron chi connectivity index (χ0n) is 21.7. The van der Waals surface area contributed by atoms with E-state index in [0.717, 1.165) is 39.3 Å². The number of benzene rings is 2. The van der Waals surface area contributed by atoms with E-state index in [1.54, 1.807) is 14.2 Å². The van der Waals surface area contributed by atoms with Crippen LogP contribution in [0.3, 0.4) is 0 Å².